The number of nitrogens with zero attached hydrogens (tertiary/aromatic N) is 3. The standard InChI is InChI=1S/C12H16N4/c1-15-8-7-14-12(15)16(2)11-6-4-3-5-10(11)9-13/h3-8H,9,13H2,1-2H3. The lowest BCUT2D eigenvalue weighted by Gasteiger charge is -2.21. The van der Waals surface area contributed by atoms with Crippen LogP contribution in [-0.2, 0) is 13.6 Å². The summed E-state index contributed by atoms with van der Waals surface area (Å²) in [5.74, 6) is 0.904. The van der Waals surface area contributed by atoms with Crippen molar-refractivity contribution in [2.75, 3.05) is 11.9 Å². The van der Waals surface area contributed by atoms with E-state index in [1.165, 1.54) is 0 Å². The first-order valence-electron chi connectivity index (χ1n) is 5.23. The van der Waals surface area contributed by atoms with Crippen molar-refractivity contribution in [1.82, 2.24) is 9.55 Å². The first-order valence-corrected chi connectivity index (χ1v) is 5.23. The Bertz CT molecular complexity index is 475. The average molecular weight is 216 g/mol. The zero-order valence-corrected chi connectivity index (χ0v) is 9.59. The molecule has 0 atom stereocenters. The van der Waals surface area contributed by atoms with E-state index in [1.54, 1.807) is 6.20 Å². The molecule has 0 radical (unpaired) electrons. The van der Waals surface area contributed by atoms with E-state index < -0.39 is 0 Å². The molecule has 0 fully saturated rings. The molecule has 0 spiro atoms. The number of hydrogen-bond acceptors (Lipinski definition) is 3. The predicted molar refractivity (Wildman–Crippen MR) is 65.6 cm³/mol. The number of aromatic nitrogens is 2. The van der Waals surface area contributed by atoms with Crippen LogP contribution >= 0.6 is 0 Å². The van der Waals surface area contributed by atoms with Crippen LogP contribution in [-0.4, -0.2) is 16.6 Å². The SMILES string of the molecule is CN(c1ccccc1CN)c1nccn1C. The van der Waals surface area contributed by atoms with Gasteiger partial charge < -0.3 is 15.2 Å². The summed E-state index contributed by atoms with van der Waals surface area (Å²) in [6.07, 6.45) is 3.72. The van der Waals surface area contributed by atoms with E-state index in [0.717, 1.165) is 17.2 Å². The lowest BCUT2D eigenvalue weighted by atomic mass is 10.1. The van der Waals surface area contributed by atoms with Gasteiger partial charge in [-0.15, -0.1) is 0 Å². The number of benzene rings is 1. The topological polar surface area (TPSA) is 47.1 Å². The van der Waals surface area contributed by atoms with E-state index in [2.05, 4.69) is 11.1 Å². The molecule has 0 amide bonds. The van der Waals surface area contributed by atoms with Crippen molar-refractivity contribution in [2.24, 2.45) is 12.8 Å². The fraction of sp³-hybridized carbons (Fsp3) is 0.250. The van der Waals surface area contributed by atoms with Crippen LogP contribution in [0.3, 0.4) is 0 Å². The van der Waals surface area contributed by atoms with E-state index >= 15 is 0 Å². The Balaban J connectivity index is 2.41. The highest BCUT2D eigenvalue weighted by atomic mass is 15.3. The van der Waals surface area contributed by atoms with Gasteiger partial charge in [0.1, 0.15) is 0 Å². The summed E-state index contributed by atoms with van der Waals surface area (Å²) in [6, 6.07) is 8.09. The molecule has 2 N–H and O–H groups in total. The molecule has 0 aliphatic heterocycles. The van der Waals surface area contributed by atoms with Gasteiger partial charge in [0, 0.05) is 38.7 Å². The van der Waals surface area contributed by atoms with Crippen LogP contribution in [0, 0.1) is 0 Å². The van der Waals surface area contributed by atoms with Crippen molar-refractivity contribution in [1.29, 1.82) is 0 Å². The van der Waals surface area contributed by atoms with Crippen molar-refractivity contribution in [2.45, 2.75) is 6.54 Å². The van der Waals surface area contributed by atoms with Gasteiger partial charge in [-0.1, -0.05) is 18.2 Å². The quantitative estimate of drug-likeness (QED) is 0.848. The van der Waals surface area contributed by atoms with E-state index in [-0.39, 0.29) is 0 Å². The minimum Gasteiger partial charge on any atom is -0.326 e. The molecule has 4 nitrogen and oxygen atoms in total. The van der Waals surface area contributed by atoms with E-state index in [9.17, 15) is 0 Å². The van der Waals surface area contributed by atoms with Gasteiger partial charge in [0.05, 0.1) is 0 Å². The summed E-state index contributed by atoms with van der Waals surface area (Å²) in [4.78, 5) is 6.36. The summed E-state index contributed by atoms with van der Waals surface area (Å²) in [6.45, 7) is 0.533. The zero-order valence-electron chi connectivity index (χ0n) is 9.59. The van der Waals surface area contributed by atoms with Crippen LogP contribution in [0.15, 0.2) is 36.7 Å². The Morgan fingerprint density at radius 1 is 1.38 bits per heavy atom. The third-order valence-corrected chi connectivity index (χ3v) is 2.67. The van der Waals surface area contributed by atoms with Gasteiger partial charge in [0.15, 0.2) is 0 Å². The molecule has 1 aromatic heterocycles. The van der Waals surface area contributed by atoms with E-state index in [4.69, 9.17) is 5.73 Å². The first-order chi connectivity index (χ1) is 7.74. The monoisotopic (exact) mass is 216 g/mol. The first kappa shape index (κ1) is 10.7. The maximum atomic E-state index is 5.73. The van der Waals surface area contributed by atoms with Crippen LogP contribution < -0.4 is 10.6 Å². The lowest BCUT2D eigenvalue weighted by Crippen LogP contribution is -2.16. The number of para-hydroxylation sites is 1. The van der Waals surface area contributed by atoms with Crippen molar-refractivity contribution < 1.29 is 0 Å². The molecule has 0 saturated carbocycles. The summed E-state index contributed by atoms with van der Waals surface area (Å²) in [5, 5.41) is 0. The van der Waals surface area contributed by atoms with Crippen molar-refractivity contribution in [3.8, 4) is 0 Å². The number of rotatable bonds is 3. The second-order valence-electron chi connectivity index (χ2n) is 3.73. The second kappa shape index (κ2) is 4.37. The third kappa shape index (κ3) is 1.79. The largest absolute Gasteiger partial charge is 0.326 e. The average Bonchev–Trinajstić information content (AvgIpc) is 2.74. The molecule has 4 heteroatoms. The van der Waals surface area contributed by atoms with Crippen molar-refractivity contribution >= 4 is 11.6 Å². The van der Waals surface area contributed by atoms with Gasteiger partial charge >= 0.3 is 0 Å². The van der Waals surface area contributed by atoms with Gasteiger partial charge in [0.2, 0.25) is 5.95 Å². The minimum atomic E-state index is 0.533. The molecule has 1 aromatic carbocycles. The summed E-state index contributed by atoms with van der Waals surface area (Å²) in [7, 11) is 3.97. The van der Waals surface area contributed by atoms with Gasteiger partial charge in [-0.25, -0.2) is 4.98 Å². The minimum absolute atomic E-state index is 0.533. The molecule has 0 bridgehead atoms. The van der Waals surface area contributed by atoms with E-state index in [0.29, 0.717) is 6.54 Å². The Labute approximate surface area is 95.3 Å². The molecule has 16 heavy (non-hydrogen) atoms. The van der Waals surface area contributed by atoms with Gasteiger partial charge in [-0.2, -0.15) is 0 Å². The molecule has 0 aliphatic carbocycles. The van der Waals surface area contributed by atoms with Crippen LogP contribution in [0.4, 0.5) is 11.6 Å². The molecule has 2 aromatic rings. The molecule has 84 valence electrons. The molecule has 2 rings (SSSR count). The van der Waals surface area contributed by atoms with Gasteiger partial charge in [-0.05, 0) is 11.6 Å². The summed E-state index contributed by atoms with van der Waals surface area (Å²) in [5.41, 5.74) is 7.94. The number of hydrogen-bond donors (Lipinski definition) is 1. The van der Waals surface area contributed by atoms with Gasteiger partial charge in [0.25, 0.3) is 0 Å². The van der Waals surface area contributed by atoms with Crippen molar-refractivity contribution in [3.63, 3.8) is 0 Å². The zero-order chi connectivity index (χ0) is 11.5. The number of aryl methyl sites for hydroxylation is 1. The molecular weight excluding hydrogens is 200 g/mol. The maximum absolute atomic E-state index is 5.73. The van der Waals surface area contributed by atoms with Crippen LogP contribution in [0.25, 0.3) is 0 Å². The molecule has 0 aliphatic rings. The van der Waals surface area contributed by atoms with Gasteiger partial charge in [-0.3, -0.25) is 0 Å². The Morgan fingerprint density at radius 3 is 2.75 bits per heavy atom. The van der Waals surface area contributed by atoms with Crippen LogP contribution in [0.5, 0.6) is 0 Å². The van der Waals surface area contributed by atoms with Crippen LogP contribution in [0.2, 0.25) is 0 Å². The smallest absolute Gasteiger partial charge is 0.209 e. The Hall–Kier alpha value is -1.81. The fourth-order valence-electron chi connectivity index (χ4n) is 1.80. The highest BCUT2D eigenvalue weighted by Gasteiger charge is 2.10. The third-order valence-electron chi connectivity index (χ3n) is 2.67. The number of anilines is 2. The highest BCUT2D eigenvalue weighted by Crippen LogP contribution is 2.24. The normalized spacial score (nSPS) is 10.4. The number of nitrogens with two attached hydrogens (primary N) is 1. The Morgan fingerprint density at radius 2 is 2.12 bits per heavy atom. The summed E-state index contributed by atoms with van der Waals surface area (Å²) >= 11 is 0. The molecule has 0 unspecified atom stereocenters. The summed E-state index contributed by atoms with van der Waals surface area (Å²) < 4.78 is 1.98. The maximum Gasteiger partial charge on any atom is 0.209 e. The lowest BCUT2D eigenvalue weighted by molar-refractivity contribution is 0.879. The fourth-order valence-corrected chi connectivity index (χ4v) is 1.80. The highest BCUT2D eigenvalue weighted by molar-refractivity contribution is 5.61. The predicted octanol–water partition coefficient (Wildman–Crippen LogP) is 1.65. The van der Waals surface area contributed by atoms with E-state index in [1.807, 2.05) is 48.0 Å². The molecule has 0 saturated heterocycles. The second-order valence-corrected chi connectivity index (χ2v) is 3.73. The molecule has 1 heterocycles. The molecular formula is C12H16N4. The van der Waals surface area contributed by atoms with Crippen LogP contribution in [0.1, 0.15) is 5.56 Å². The Kier molecular flexibility index (Phi) is 2.92. The number of imidazole rings is 1. The van der Waals surface area contributed by atoms with Crippen molar-refractivity contribution in [3.05, 3.63) is 42.2 Å².